The fraction of sp³-hybridized carbons (Fsp3) is 0.300. The molecule has 118 valence electrons. The Balaban J connectivity index is 1.89. The van der Waals surface area contributed by atoms with Gasteiger partial charge in [0.05, 0.1) is 11.6 Å². The number of hydrogen-bond acceptors (Lipinski definition) is 2. The van der Waals surface area contributed by atoms with E-state index in [2.05, 4.69) is 0 Å². The number of anilines is 1. The third-order valence-corrected chi connectivity index (χ3v) is 4.86. The lowest BCUT2D eigenvalue weighted by Crippen LogP contribution is -2.31. The molecule has 0 N–H and O–H groups in total. The van der Waals surface area contributed by atoms with Gasteiger partial charge in [-0.2, -0.15) is 0 Å². The van der Waals surface area contributed by atoms with Gasteiger partial charge in [0.1, 0.15) is 0 Å². The molecule has 0 aromatic heterocycles. The molecule has 1 saturated heterocycles. The average Bonchev–Trinajstić information content (AvgIpc) is 2.85. The van der Waals surface area contributed by atoms with Gasteiger partial charge in [-0.05, 0) is 48.6 Å². The Bertz CT molecular complexity index is 751. The van der Waals surface area contributed by atoms with Crippen LogP contribution >= 0.6 is 0 Å². The van der Waals surface area contributed by atoms with Gasteiger partial charge in [0, 0.05) is 6.42 Å². The maximum absolute atomic E-state index is 12.8. The van der Waals surface area contributed by atoms with Crippen molar-refractivity contribution in [3.05, 3.63) is 65.2 Å². The van der Waals surface area contributed by atoms with E-state index in [-0.39, 0.29) is 30.1 Å². The molecule has 2 unspecified atom stereocenters. The number of aryl methyl sites for hydroxylation is 2. The van der Waals surface area contributed by atoms with Crippen molar-refractivity contribution in [3.63, 3.8) is 0 Å². The average molecular weight is 307 g/mol. The van der Waals surface area contributed by atoms with Gasteiger partial charge in [-0.3, -0.25) is 14.5 Å². The molecule has 3 nitrogen and oxygen atoms in total. The Labute approximate surface area is 136 Å². The van der Waals surface area contributed by atoms with Crippen molar-refractivity contribution in [2.75, 3.05) is 4.90 Å². The van der Waals surface area contributed by atoms with E-state index in [1.54, 1.807) is 0 Å². The molecule has 2 amide bonds. The Hall–Kier alpha value is -2.42. The normalized spacial score (nSPS) is 19.3. The molecule has 1 fully saturated rings. The molecule has 0 radical (unpaired) electrons. The molecular weight excluding hydrogens is 286 g/mol. The van der Waals surface area contributed by atoms with Gasteiger partial charge in [-0.1, -0.05) is 43.3 Å². The van der Waals surface area contributed by atoms with E-state index in [0.29, 0.717) is 5.69 Å². The molecule has 0 spiro atoms. The zero-order valence-corrected chi connectivity index (χ0v) is 13.7. The number of imide groups is 1. The Morgan fingerprint density at radius 1 is 1.00 bits per heavy atom. The summed E-state index contributed by atoms with van der Waals surface area (Å²) in [6, 6.07) is 15.7. The minimum absolute atomic E-state index is 0.0317. The van der Waals surface area contributed by atoms with E-state index in [4.69, 9.17) is 0 Å². The first-order valence-corrected chi connectivity index (χ1v) is 7.98. The van der Waals surface area contributed by atoms with E-state index in [1.807, 2.05) is 69.3 Å². The number of hydrogen-bond donors (Lipinski definition) is 0. The van der Waals surface area contributed by atoms with Crippen molar-refractivity contribution in [3.8, 4) is 0 Å². The fourth-order valence-electron chi connectivity index (χ4n) is 3.17. The second kappa shape index (κ2) is 5.99. The summed E-state index contributed by atoms with van der Waals surface area (Å²) in [6.07, 6.45) is 0.280. The van der Waals surface area contributed by atoms with E-state index in [9.17, 15) is 9.59 Å². The second-order valence-corrected chi connectivity index (χ2v) is 6.35. The van der Waals surface area contributed by atoms with Crippen molar-refractivity contribution < 1.29 is 9.59 Å². The van der Waals surface area contributed by atoms with E-state index < -0.39 is 0 Å². The molecular formula is C20H21NO2. The van der Waals surface area contributed by atoms with Gasteiger partial charge in [0.15, 0.2) is 0 Å². The van der Waals surface area contributed by atoms with Crippen LogP contribution in [0.15, 0.2) is 48.5 Å². The topological polar surface area (TPSA) is 37.4 Å². The summed E-state index contributed by atoms with van der Waals surface area (Å²) in [4.78, 5) is 26.6. The molecule has 3 heteroatoms. The largest absolute Gasteiger partial charge is 0.274 e. The van der Waals surface area contributed by atoms with Crippen molar-refractivity contribution in [2.24, 2.45) is 5.92 Å². The number of rotatable bonds is 3. The highest BCUT2D eigenvalue weighted by molar-refractivity contribution is 6.21. The highest BCUT2D eigenvalue weighted by atomic mass is 16.2. The fourth-order valence-corrected chi connectivity index (χ4v) is 3.17. The summed E-state index contributed by atoms with van der Waals surface area (Å²) in [5.41, 5.74) is 4.02. The Morgan fingerprint density at radius 3 is 2.35 bits per heavy atom. The van der Waals surface area contributed by atoms with Crippen LogP contribution in [0, 0.1) is 19.8 Å². The summed E-state index contributed by atoms with van der Waals surface area (Å²) < 4.78 is 0. The molecule has 1 heterocycles. The summed E-state index contributed by atoms with van der Waals surface area (Å²) in [6.45, 7) is 6.04. The van der Waals surface area contributed by atoms with Gasteiger partial charge in [-0.15, -0.1) is 0 Å². The van der Waals surface area contributed by atoms with E-state index >= 15 is 0 Å². The second-order valence-electron chi connectivity index (χ2n) is 6.35. The molecule has 23 heavy (non-hydrogen) atoms. The maximum atomic E-state index is 12.8. The standard InChI is InChI=1S/C20H21NO2/c1-13-9-10-17(11-14(13)2)21-19(22)12-18(20(21)23)15(3)16-7-5-4-6-8-16/h4-11,15,18H,12H2,1-3H3. The highest BCUT2D eigenvalue weighted by Crippen LogP contribution is 2.36. The SMILES string of the molecule is Cc1ccc(N2C(=O)CC(C(C)c3ccccc3)C2=O)cc1C. The van der Waals surface area contributed by atoms with Crippen molar-refractivity contribution in [2.45, 2.75) is 33.1 Å². The minimum Gasteiger partial charge on any atom is -0.274 e. The van der Waals surface area contributed by atoms with Crippen LogP contribution in [0.2, 0.25) is 0 Å². The van der Waals surface area contributed by atoms with Crippen LogP contribution in [-0.4, -0.2) is 11.8 Å². The van der Waals surface area contributed by atoms with Gasteiger partial charge >= 0.3 is 0 Å². The number of carbonyl (C=O) groups excluding carboxylic acids is 2. The first-order chi connectivity index (χ1) is 11.0. The highest BCUT2D eigenvalue weighted by Gasteiger charge is 2.42. The summed E-state index contributed by atoms with van der Waals surface area (Å²) >= 11 is 0. The van der Waals surface area contributed by atoms with Crippen molar-refractivity contribution in [1.29, 1.82) is 0 Å². The molecule has 0 bridgehead atoms. The molecule has 1 aliphatic heterocycles. The van der Waals surface area contributed by atoms with Gasteiger partial charge in [0.2, 0.25) is 11.8 Å². The zero-order valence-electron chi connectivity index (χ0n) is 13.7. The van der Waals surface area contributed by atoms with Crippen molar-refractivity contribution >= 4 is 17.5 Å². The van der Waals surface area contributed by atoms with Crippen LogP contribution in [0.5, 0.6) is 0 Å². The lowest BCUT2D eigenvalue weighted by molar-refractivity contribution is -0.122. The quantitative estimate of drug-likeness (QED) is 0.804. The molecule has 1 aliphatic rings. The van der Waals surface area contributed by atoms with Crippen LogP contribution in [0.25, 0.3) is 0 Å². The summed E-state index contributed by atoms with van der Waals surface area (Å²) in [5, 5.41) is 0. The number of carbonyl (C=O) groups is 2. The number of benzene rings is 2. The number of nitrogens with zero attached hydrogens (tertiary/aromatic N) is 1. The van der Waals surface area contributed by atoms with Crippen molar-refractivity contribution in [1.82, 2.24) is 0 Å². The Kier molecular flexibility index (Phi) is 4.03. The van der Waals surface area contributed by atoms with E-state index in [1.165, 1.54) is 4.90 Å². The van der Waals surface area contributed by atoms with Gasteiger partial charge < -0.3 is 0 Å². The lowest BCUT2D eigenvalue weighted by Gasteiger charge is -2.20. The maximum Gasteiger partial charge on any atom is 0.237 e. The summed E-state index contributed by atoms with van der Waals surface area (Å²) in [7, 11) is 0. The van der Waals surface area contributed by atoms with E-state index in [0.717, 1.165) is 16.7 Å². The zero-order chi connectivity index (χ0) is 16.6. The molecule has 2 atom stereocenters. The van der Waals surface area contributed by atoms with Crippen LogP contribution in [0.4, 0.5) is 5.69 Å². The van der Waals surface area contributed by atoms with Crippen LogP contribution < -0.4 is 4.90 Å². The molecule has 2 aromatic carbocycles. The Morgan fingerprint density at radius 2 is 1.70 bits per heavy atom. The first-order valence-electron chi connectivity index (χ1n) is 7.98. The molecule has 0 aliphatic carbocycles. The minimum atomic E-state index is -0.286. The first kappa shape index (κ1) is 15.5. The number of amides is 2. The summed E-state index contributed by atoms with van der Waals surface area (Å²) in [5.74, 6) is -0.448. The molecule has 2 aromatic rings. The third-order valence-electron chi connectivity index (χ3n) is 4.86. The third kappa shape index (κ3) is 2.79. The van der Waals surface area contributed by atoms with Crippen LogP contribution in [-0.2, 0) is 9.59 Å². The predicted molar refractivity (Wildman–Crippen MR) is 91.4 cm³/mol. The van der Waals surface area contributed by atoms with Gasteiger partial charge in [0.25, 0.3) is 0 Å². The van der Waals surface area contributed by atoms with Crippen LogP contribution in [0.3, 0.4) is 0 Å². The smallest absolute Gasteiger partial charge is 0.237 e. The molecule has 3 rings (SSSR count). The lowest BCUT2D eigenvalue weighted by atomic mass is 9.86. The monoisotopic (exact) mass is 307 g/mol. The predicted octanol–water partition coefficient (Wildman–Crippen LogP) is 3.99. The van der Waals surface area contributed by atoms with Gasteiger partial charge in [-0.25, -0.2) is 0 Å². The van der Waals surface area contributed by atoms with Crippen LogP contribution in [0.1, 0.15) is 36.0 Å². The molecule has 0 saturated carbocycles.